The molecule has 0 bridgehead atoms. The van der Waals surface area contributed by atoms with Crippen molar-refractivity contribution in [3.8, 4) is 0 Å². The standard InChI is InChI=1S/C18H26O4/c1-6-16(21-5)12-18(4,7-2)22-17(20)15-10-8-14(9-11-15)13(3)19/h8-11,16H,6-7,12H2,1-5H3. The molecule has 2 atom stereocenters. The van der Waals surface area contributed by atoms with Gasteiger partial charge >= 0.3 is 5.97 Å². The summed E-state index contributed by atoms with van der Waals surface area (Å²) in [6, 6.07) is 6.55. The average Bonchev–Trinajstić information content (AvgIpc) is 2.52. The molecule has 0 radical (unpaired) electrons. The van der Waals surface area contributed by atoms with Gasteiger partial charge in [-0.3, -0.25) is 4.79 Å². The van der Waals surface area contributed by atoms with Gasteiger partial charge in [-0.1, -0.05) is 26.0 Å². The summed E-state index contributed by atoms with van der Waals surface area (Å²) in [5, 5.41) is 0. The van der Waals surface area contributed by atoms with E-state index in [0.717, 1.165) is 6.42 Å². The van der Waals surface area contributed by atoms with Crippen LogP contribution in [-0.2, 0) is 9.47 Å². The number of carbonyl (C=O) groups is 2. The fourth-order valence-corrected chi connectivity index (χ4v) is 2.26. The maximum absolute atomic E-state index is 12.3. The molecule has 1 aromatic rings. The van der Waals surface area contributed by atoms with Gasteiger partial charge in [0.1, 0.15) is 5.60 Å². The van der Waals surface area contributed by atoms with Crippen LogP contribution < -0.4 is 0 Å². The van der Waals surface area contributed by atoms with Crippen molar-refractivity contribution in [2.45, 2.75) is 58.7 Å². The van der Waals surface area contributed by atoms with Gasteiger partial charge in [0.15, 0.2) is 5.78 Å². The highest BCUT2D eigenvalue weighted by Gasteiger charge is 2.30. The predicted octanol–water partition coefficient (Wildman–Crippen LogP) is 4.03. The number of hydrogen-bond acceptors (Lipinski definition) is 4. The van der Waals surface area contributed by atoms with Gasteiger partial charge in [0.2, 0.25) is 0 Å². The molecule has 0 fully saturated rings. The van der Waals surface area contributed by atoms with Crippen LogP contribution in [0, 0.1) is 0 Å². The highest BCUT2D eigenvalue weighted by molar-refractivity contribution is 5.96. The van der Waals surface area contributed by atoms with Crippen molar-refractivity contribution in [1.82, 2.24) is 0 Å². The fraction of sp³-hybridized carbons (Fsp3) is 0.556. The Kier molecular flexibility index (Phi) is 6.75. The maximum Gasteiger partial charge on any atom is 0.338 e. The Bertz CT molecular complexity index is 502. The molecule has 4 heteroatoms. The lowest BCUT2D eigenvalue weighted by Gasteiger charge is -2.31. The topological polar surface area (TPSA) is 52.6 Å². The number of ether oxygens (including phenoxy) is 2. The Balaban J connectivity index is 2.81. The minimum Gasteiger partial charge on any atom is -0.456 e. The van der Waals surface area contributed by atoms with Crippen LogP contribution in [0.3, 0.4) is 0 Å². The van der Waals surface area contributed by atoms with Crippen LogP contribution in [0.4, 0.5) is 0 Å². The molecule has 2 unspecified atom stereocenters. The fourth-order valence-electron chi connectivity index (χ4n) is 2.26. The summed E-state index contributed by atoms with van der Waals surface area (Å²) >= 11 is 0. The number of ketones is 1. The van der Waals surface area contributed by atoms with Crippen molar-refractivity contribution in [1.29, 1.82) is 0 Å². The number of rotatable bonds is 8. The van der Waals surface area contributed by atoms with E-state index < -0.39 is 5.60 Å². The monoisotopic (exact) mass is 306 g/mol. The number of methoxy groups -OCH3 is 1. The zero-order chi connectivity index (χ0) is 16.8. The van der Waals surface area contributed by atoms with Crippen LogP contribution in [0.2, 0.25) is 0 Å². The third-order valence-electron chi connectivity index (χ3n) is 4.06. The van der Waals surface area contributed by atoms with Gasteiger partial charge < -0.3 is 9.47 Å². The van der Waals surface area contributed by atoms with Gasteiger partial charge in [-0.2, -0.15) is 0 Å². The summed E-state index contributed by atoms with van der Waals surface area (Å²) in [6.45, 7) is 7.47. The van der Waals surface area contributed by atoms with Crippen molar-refractivity contribution in [2.24, 2.45) is 0 Å². The molecule has 0 aromatic heterocycles. The first kappa shape index (κ1) is 18.4. The Labute approximate surface area is 132 Å². The van der Waals surface area contributed by atoms with Crippen LogP contribution in [0.5, 0.6) is 0 Å². The molecule has 0 amide bonds. The van der Waals surface area contributed by atoms with E-state index >= 15 is 0 Å². The molecule has 0 heterocycles. The highest BCUT2D eigenvalue weighted by atomic mass is 16.6. The van der Waals surface area contributed by atoms with E-state index in [1.165, 1.54) is 6.92 Å². The number of benzene rings is 1. The van der Waals surface area contributed by atoms with Crippen LogP contribution in [0.1, 0.15) is 67.7 Å². The second kappa shape index (κ2) is 8.08. The van der Waals surface area contributed by atoms with Crippen molar-refractivity contribution >= 4 is 11.8 Å². The van der Waals surface area contributed by atoms with Gasteiger partial charge in [-0.25, -0.2) is 4.79 Å². The van der Waals surface area contributed by atoms with Gasteiger partial charge in [0.05, 0.1) is 11.7 Å². The SMILES string of the molecule is CCC(CC(C)(CC)OC(=O)c1ccc(C(C)=O)cc1)OC. The van der Waals surface area contributed by atoms with E-state index in [1.54, 1.807) is 31.4 Å². The number of esters is 1. The zero-order valence-electron chi connectivity index (χ0n) is 14.1. The van der Waals surface area contributed by atoms with E-state index in [-0.39, 0.29) is 17.9 Å². The van der Waals surface area contributed by atoms with Gasteiger partial charge in [-0.15, -0.1) is 0 Å². The number of Topliss-reactive ketones (excluding diaryl/α,β-unsaturated/α-hetero) is 1. The minimum atomic E-state index is -0.562. The molecule has 0 aliphatic rings. The summed E-state index contributed by atoms with van der Waals surface area (Å²) in [4.78, 5) is 23.6. The van der Waals surface area contributed by atoms with Crippen molar-refractivity contribution in [3.05, 3.63) is 35.4 Å². The summed E-state index contributed by atoms with van der Waals surface area (Å²) < 4.78 is 11.1. The number of hydrogen-bond donors (Lipinski definition) is 0. The van der Waals surface area contributed by atoms with E-state index in [4.69, 9.17) is 9.47 Å². The zero-order valence-corrected chi connectivity index (χ0v) is 14.1. The van der Waals surface area contributed by atoms with E-state index in [2.05, 4.69) is 0 Å². The molecule has 0 saturated heterocycles. The molecule has 1 aromatic carbocycles. The minimum absolute atomic E-state index is 0.0239. The van der Waals surface area contributed by atoms with Crippen molar-refractivity contribution in [2.75, 3.05) is 7.11 Å². The summed E-state index contributed by atoms with van der Waals surface area (Å²) in [6.07, 6.45) is 2.31. The third-order valence-corrected chi connectivity index (χ3v) is 4.06. The average molecular weight is 306 g/mol. The first-order chi connectivity index (χ1) is 10.3. The largest absolute Gasteiger partial charge is 0.456 e. The summed E-state index contributed by atoms with van der Waals surface area (Å²) in [5.41, 5.74) is 0.475. The van der Waals surface area contributed by atoms with Crippen molar-refractivity contribution < 1.29 is 19.1 Å². The third kappa shape index (κ3) is 4.95. The molecule has 4 nitrogen and oxygen atoms in total. The van der Waals surface area contributed by atoms with Crippen LogP contribution in [0.25, 0.3) is 0 Å². The van der Waals surface area contributed by atoms with Crippen molar-refractivity contribution in [3.63, 3.8) is 0 Å². The Hall–Kier alpha value is -1.68. The van der Waals surface area contributed by atoms with Crippen LogP contribution >= 0.6 is 0 Å². The first-order valence-corrected chi connectivity index (χ1v) is 7.72. The molecule has 0 spiro atoms. The molecule has 0 aliphatic heterocycles. The highest BCUT2D eigenvalue weighted by Crippen LogP contribution is 2.25. The molecule has 22 heavy (non-hydrogen) atoms. The molecule has 122 valence electrons. The molecule has 1 rings (SSSR count). The van der Waals surface area contributed by atoms with E-state index in [1.807, 2.05) is 20.8 Å². The van der Waals surface area contributed by atoms with Crippen LogP contribution in [-0.4, -0.2) is 30.6 Å². The van der Waals surface area contributed by atoms with E-state index in [9.17, 15) is 9.59 Å². The Morgan fingerprint density at radius 2 is 1.68 bits per heavy atom. The van der Waals surface area contributed by atoms with Gasteiger partial charge in [0, 0.05) is 19.1 Å². The molecule has 0 aliphatic carbocycles. The lowest BCUT2D eigenvalue weighted by molar-refractivity contribution is -0.0435. The molecule has 0 N–H and O–H groups in total. The Morgan fingerprint density at radius 3 is 2.09 bits per heavy atom. The summed E-state index contributed by atoms with van der Waals surface area (Å²) in [5.74, 6) is -0.394. The van der Waals surface area contributed by atoms with Gasteiger partial charge in [-0.05, 0) is 38.8 Å². The second-order valence-electron chi connectivity index (χ2n) is 5.80. The van der Waals surface area contributed by atoms with Crippen LogP contribution in [0.15, 0.2) is 24.3 Å². The lowest BCUT2D eigenvalue weighted by atomic mass is 9.94. The second-order valence-corrected chi connectivity index (χ2v) is 5.80. The quantitative estimate of drug-likeness (QED) is 0.537. The Morgan fingerprint density at radius 1 is 1.14 bits per heavy atom. The smallest absolute Gasteiger partial charge is 0.338 e. The lowest BCUT2D eigenvalue weighted by Crippen LogP contribution is -2.35. The maximum atomic E-state index is 12.3. The summed E-state index contributed by atoms with van der Waals surface area (Å²) in [7, 11) is 1.67. The molecular weight excluding hydrogens is 280 g/mol. The number of carbonyl (C=O) groups excluding carboxylic acids is 2. The molecular formula is C18H26O4. The predicted molar refractivity (Wildman–Crippen MR) is 86.3 cm³/mol. The van der Waals surface area contributed by atoms with E-state index in [0.29, 0.717) is 24.0 Å². The normalized spacial score (nSPS) is 15.0. The van der Waals surface area contributed by atoms with Gasteiger partial charge in [0.25, 0.3) is 0 Å². The molecule has 0 saturated carbocycles. The first-order valence-electron chi connectivity index (χ1n) is 7.72.